The Morgan fingerprint density at radius 3 is 2.57 bits per heavy atom. The van der Waals surface area contributed by atoms with Gasteiger partial charge in [0.1, 0.15) is 17.0 Å². The highest BCUT2D eigenvalue weighted by molar-refractivity contribution is 5.89. The first-order valence-electron chi connectivity index (χ1n) is 7.91. The van der Waals surface area contributed by atoms with E-state index in [1.807, 2.05) is 24.3 Å². The third kappa shape index (κ3) is 4.35. The lowest BCUT2D eigenvalue weighted by atomic mass is 10.1. The topological polar surface area (TPSA) is 31.4 Å². The maximum atomic E-state index is 5.93. The summed E-state index contributed by atoms with van der Waals surface area (Å²) in [4.78, 5) is 4.39. The van der Waals surface area contributed by atoms with E-state index in [-0.39, 0.29) is 0 Å². The number of hydrogen-bond donors (Lipinski definition) is 0. The summed E-state index contributed by atoms with van der Waals surface area (Å²) in [5, 5.41) is 1.02. The van der Waals surface area contributed by atoms with Crippen LogP contribution in [0.3, 0.4) is 0 Å². The van der Waals surface area contributed by atoms with Crippen LogP contribution in [0.1, 0.15) is 45.4 Å². The first-order valence-corrected chi connectivity index (χ1v) is 7.91. The molecular weight excluding hydrogens is 262 g/mol. The first-order chi connectivity index (χ1) is 10.4. The van der Waals surface area contributed by atoms with Gasteiger partial charge in [0.2, 0.25) is 0 Å². The number of fused-ring (bicyclic) bond motifs is 1. The fraction of sp³-hybridized carbons (Fsp3) is 0.500. The second-order valence-corrected chi connectivity index (χ2v) is 5.28. The Morgan fingerprint density at radius 2 is 1.76 bits per heavy atom. The Balaban J connectivity index is 1.90. The minimum absolute atomic E-state index is 0.766. The molecule has 1 aromatic heterocycles. The van der Waals surface area contributed by atoms with Gasteiger partial charge in [-0.15, -0.1) is 0 Å². The van der Waals surface area contributed by atoms with E-state index in [2.05, 4.69) is 11.9 Å². The molecule has 0 N–H and O–H groups in total. The lowest BCUT2D eigenvalue weighted by molar-refractivity contribution is 0.307. The highest BCUT2D eigenvalue weighted by Crippen LogP contribution is 2.30. The third-order valence-electron chi connectivity index (χ3n) is 3.67. The molecule has 0 spiro atoms. The zero-order valence-electron chi connectivity index (χ0n) is 13.1. The van der Waals surface area contributed by atoms with Crippen LogP contribution in [0.25, 0.3) is 10.9 Å². The molecule has 114 valence electrons. The van der Waals surface area contributed by atoms with E-state index in [1.54, 1.807) is 13.3 Å². The Hall–Kier alpha value is -1.77. The van der Waals surface area contributed by atoms with Crippen molar-refractivity contribution in [1.82, 2.24) is 4.98 Å². The summed E-state index contributed by atoms with van der Waals surface area (Å²) in [5.41, 5.74) is 0.862. The standard InChI is InChI=1S/C18H25NO2/c1-3-4-5-6-7-8-14-21-16-12-13-19-18-15(16)10-9-11-17(18)20-2/h9-13H,3-8,14H2,1-2H3. The molecule has 1 heterocycles. The van der Waals surface area contributed by atoms with Crippen LogP contribution in [0.4, 0.5) is 0 Å². The smallest absolute Gasteiger partial charge is 0.145 e. The highest BCUT2D eigenvalue weighted by atomic mass is 16.5. The Bertz CT molecular complexity index is 554. The molecule has 0 atom stereocenters. The van der Waals surface area contributed by atoms with Gasteiger partial charge in [-0.25, -0.2) is 0 Å². The Kier molecular flexibility index (Phi) is 6.32. The predicted octanol–water partition coefficient (Wildman–Crippen LogP) is 4.98. The van der Waals surface area contributed by atoms with Gasteiger partial charge in [-0.1, -0.05) is 45.1 Å². The number of unbranched alkanes of at least 4 members (excludes halogenated alkanes) is 5. The van der Waals surface area contributed by atoms with Gasteiger partial charge in [-0.2, -0.15) is 0 Å². The van der Waals surface area contributed by atoms with Crippen LogP contribution in [0.2, 0.25) is 0 Å². The number of aromatic nitrogens is 1. The van der Waals surface area contributed by atoms with Crippen molar-refractivity contribution >= 4 is 10.9 Å². The van der Waals surface area contributed by atoms with E-state index < -0.39 is 0 Å². The molecule has 1 aromatic carbocycles. The largest absolute Gasteiger partial charge is 0.494 e. The summed E-state index contributed by atoms with van der Waals surface area (Å²) in [6, 6.07) is 7.85. The van der Waals surface area contributed by atoms with Crippen molar-refractivity contribution in [2.45, 2.75) is 45.4 Å². The van der Waals surface area contributed by atoms with Crippen LogP contribution < -0.4 is 9.47 Å². The molecule has 2 rings (SSSR count). The van der Waals surface area contributed by atoms with E-state index in [0.29, 0.717) is 0 Å². The van der Waals surface area contributed by atoms with Crippen molar-refractivity contribution < 1.29 is 9.47 Å². The normalized spacial score (nSPS) is 10.8. The molecule has 0 bridgehead atoms. The summed E-state index contributed by atoms with van der Waals surface area (Å²) < 4.78 is 11.3. The van der Waals surface area contributed by atoms with E-state index in [1.165, 1.54) is 32.1 Å². The van der Waals surface area contributed by atoms with Crippen molar-refractivity contribution in [2.75, 3.05) is 13.7 Å². The van der Waals surface area contributed by atoms with Gasteiger partial charge in [0.25, 0.3) is 0 Å². The summed E-state index contributed by atoms with van der Waals surface area (Å²) in [6.45, 7) is 3.01. The molecule has 0 aliphatic rings. The Labute approximate surface area is 127 Å². The molecule has 0 unspecified atom stereocenters. The molecule has 3 nitrogen and oxygen atoms in total. The second kappa shape index (κ2) is 8.50. The number of para-hydroxylation sites is 1. The van der Waals surface area contributed by atoms with Crippen molar-refractivity contribution in [1.29, 1.82) is 0 Å². The molecule has 21 heavy (non-hydrogen) atoms. The van der Waals surface area contributed by atoms with Crippen LogP contribution >= 0.6 is 0 Å². The molecule has 3 heteroatoms. The fourth-order valence-corrected chi connectivity index (χ4v) is 2.48. The fourth-order valence-electron chi connectivity index (χ4n) is 2.48. The molecule has 0 fully saturated rings. The number of methoxy groups -OCH3 is 1. The van der Waals surface area contributed by atoms with E-state index in [4.69, 9.17) is 9.47 Å². The minimum atomic E-state index is 0.766. The second-order valence-electron chi connectivity index (χ2n) is 5.28. The molecule has 0 saturated heterocycles. The number of pyridine rings is 1. The molecule has 0 aliphatic carbocycles. The van der Waals surface area contributed by atoms with Gasteiger partial charge in [0.05, 0.1) is 13.7 Å². The lowest BCUT2D eigenvalue weighted by Crippen LogP contribution is -1.99. The molecule has 0 radical (unpaired) electrons. The van der Waals surface area contributed by atoms with Gasteiger partial charge in [0, 0.05) is 11.6 Å². The van der Waals surface area contributed by atoms with E-state index in [9.17, 15) is 0 Å². The Morgan fingerprint density at radius 1 is 0.952 bits per heavy atom. The lowest BCUT2D eigenvalue weighted by Gasteiger charge is -2.10. The van der Waals surface area contributed by atoms with Crippen molar-refractivity contribution in [3.8, 4) is 11.5 Å². The van der Waals surface area contributed by atoms with Gasteiger partial charge < -0.3 is 9.47 Å². The number of nitrogens with zero attached hydrogens (tertiary/aromatic N) is 1. The van der Waals surface area contributed by atoms with Gasteiger partial charge >= 0.3 is 0 Å². The molecule has 0 aliphatic heterocycles. The van der Waals surface area contributed by atoms with Crippen molar-refractivity contribution in [2.24, 2.45) is 0 Å². The quantitative estimate of drug-likeness (QED) is 0.609. The summed E-state index contributed by atoms with van der Waals surface area (Å²) in [5.74, 6) is 1.69. The molecular formula is C18H25NO2. The molecule has 0 saturated carbocycles. The monoisotopic (exact) mass is 287 g/mol. The predicted molar refractivity (Wildman–Crippen MR) is 87.2 cm³/mol. The summed E-state index contributed by atoms with van der Waals surface area (Å²) in [7, 11) is 1.67. The van der Waals surface area contributed by atoms with Crippen LogP contribution in [0.5, 0.6) is 11.5 Å². The molecule has 0 amide bonds. The zero-order chi connectivity index (χ0) is 14.9. The maximum Gasteiger partial charge on any atom is 0.145 e. The average Bonchev–Trinajstić information content (AvgIpc) is 2.53. The van der Waals surface area contributed by atoms with Crippen LogP contribution in [0, 0.1) is 0 Å². The van der Waals surface area contributed by atoms with Crippen molar-refractivity contribution in [3.63, 3.8) is 0 Å². The van der Waals surface area contributed by atoms with Crippen LogP contribution in [0.15, 0.2) is 30.5 Å². The maximum absolute atomic E-state index is 5.93. The number of ether oxygens (including phenoxy) is 2. The van der Waals surface area contributed by atoms with E-state index >= 15 is 0 Å². The number of rotatable bonds is 9. The summed E-state index contributed by atoms with van der Waals surface area (Å²) >= 11 is 0. The minimum Gasteiger partial charge on any atom is -0.494 e. The van der Waals surface area contributed by atoms with E-state index in [0.717, 1.165) is 35.4 Å². The van der Waals surface area contributed by atoms with Gasteiger partial charge in [-0.05, 0) is 24.6 Å². The molecule has 2 aromatic rings. The van der Waals surface area contributed by atoms with Crippen LogP contribution in [-0.4, -0.2) is 18.7 Å². The summed E-state index contributed by atoms with van der Waals surface area (Å²) in [6.07, 6.45) is 9.41. The third-order valence-corrected chi connectivity index (χ3v) is 3.67. The number of benzene rings is 1. The number of hydrogen-bond acceptors (Lipinski definition) is 3. The first kappa shape index (κ1) is 15.6. The SMILES string of the molecule is CCCCCCCCOc1ccnc2c(OC)cccc12. The zero-order valence-corrected chi connectivity index (χ0v) is 13.1. The van der Waals surface area contributed by atoms with Gasteiger partial charge in [-0.3, -0.25) is 4.98 Å². The van der Waals surface area contributed by atoms with Gasteiger partial charge in [0.15, 0.2) is 0 Å². The highest BCUT2D eigenvalue weighted by Gasteiger charge is 2.07. The van der Waals surface area contributed by atoms with Crippen LogP contribution in [-0.2, 0) is 0 Å². The average molecular weight is 287 g/mol. The van der Waals surface area contributed by atoms with Crippen molar-refractivity contribution in [3.05, 3.63) is 30.5 Å².